The van der Waals surface area contributed by atoms with Crippen molar-refractivity contribution in [3.8, 4) is 5.75 Å². The molecule has 1 atom stereocenters. The second-order valence-electron chi connectivity index (χ2n) is 7.20. The van der Waals surface area contributed by atoms with Gasteiger partial charge in [0, 0.05) is 16.3 Å². The SMILES string of the molecule is CCCCC1=C(C(=O)OCC)C(c2ccccc2OCc2ccc(Cl)cc2)NC(=O)N1. The summed E-state index contributed by atoms with van der Waals surface area (Å²) in [6.07, 6.45) is 2.37. The first-order valence-electron chi connectivity index (χ1n) is 10.5. The summed E-state index contributed by atoms with van der Waals surface area (Å²) < 4.78 is 11.4. The average Bonchev–Trinajstić information content (AvgIpc) is 2.77. The molecule has 0 fully saturated rings. The molecule has 3 rings (SSSR count). The number of ether oxygens (including phenoxy) is 2. The minimum atomic E-state index is -0.666. The number of rotatable bonds is 9. The van der Waals surface area contributed by atoms with Crippen molar-refractivity contribution in [3.63, 3.8) is 0 Å². The number of hydrogen-bond donors (Lipinski definition) is 2. The van der Waals surface area contributed by atoms with Gasteiger partial charge in [0.2, 0.25) is 0 Å². The molecular weight excluding hydrogens is 416 g/mol. The van der Waals surface area contributed by atoms with Crippen molar-refractivity contribution in [2.45, 2.75) is 45.8 Å². The van der Waals surface area contributed by atoms with Crippen molar-refractivity contribution < 1.29 is 19.1 Å². The summed E-state index contributed by atoms with van der Waals surface area (Å²) in [5.41, 5.74) is 2.67. The number of para-hydroxylation sites is 1. The van der Waals surface area contributed by atoms with E-state index in [4.69, 9.17) is 21.1 Å². The predicted molar refractivity (Wildman–Crippen MR) is 120 cm³/mol. The van der Waals surface area contributed by atoms with E-state index in [1.807, 2.05) is 36.4 Å². The number of halogens is 1. The lowest BCUT2D eigenvalue weighted by molar-refractivity contribution is -0.139. The second kappa shape index (κ2) is 10.9. The first-order chi connectivity index (χ1) is 15.0. The maximum atomic E-state index is 12.9. The van der Waals surface area contributed by atoms with Gasteiger partial charge in [-0.05, 0) is 43.5 Å². The Bertz CT molecular complexity index is 956. The van der Waals surface area contributed by atoms with Crippen LogP contribution in [0.15, 0.2) is 59.8 Å². The molecule has 0 bridgehead atoms. The Labute approximate surface area is 187 Å². The molecule has 0 saturated carbocycles. The molecule has 0 aromatic heterocycles. The van der Waals surface area contributed by atoms with Crippen LogP contribution in [0.5, 0.6) is 5.75 Å². The highest BCUT2D eigenvalue weighted by atomic mass is 35.5. The normalized spacial score (nSPS) is 15.8. The van der Waals surface area contributed by atoms with Crippen LogP contribution in [0.1, 0.15) is 50.3 Å². The van der Waals surface area contributed by atoms with E-state index in [-0.39, 0.29) is 12.6 Å². The molecule has 0 saturated heterocycles. The molecule has 7 heteroatoms. The molecule has 0 radical (unpaired) electrons. The Kier molecular flexibility index (Phi) is 7.95. The Hall–Kier alpha value is -2.99. The first-order valence-corrected chi connectivity index (χ1v) is 10.8. The molecule has 164 valence electrons. The molecule has 2 aromatic rings. The topological polar surface area (TPSA) is 76.7 Å². The number of nitrogens with one attached hydrogen (secondary N) is 2. The van der Waals surface area contributed by atoms with Crippen LogP contribution in [0.3, 0.4) is 0 Å². The van der Waals surface area contributed by atoms with Crippen LogP contribution >= 0.6 is 11.6 Å². The van der Waals surface area contributed by atoms with Crippen molar-refractivity contribution in [2.24, 2.45) is 0 Å². The lowest BCUT2D eigenvalue weighted by atomic mass is 9.93. The van der Waals surface area contributed by atoms with Gasteiger partial charge in [-0.1, -0.05) is 55.3 Å². The second-order valence-corrected chi connectivity index (χ2v) is 7.64. The number of urea groups is 1. The summed E-state index contributed by atoms with van der Waals surface area (Å²) in [6.45, 7) is 4.40. The Morgan fingerprint density at radius 2 is 1.84 bits per heavy atom. The highest BCUT2D eigenvalue weighted by Gasteiger charge is 2.34. The third kappa shape index (κ3) is 5.79. The molecule has 1 heterocycles. The van der Waals surface area contributed by atoms with Crippen LogP contribution in [0.25, 0.3) is 0 Å². The molecule has 2 amide bonds. The average molecular weight is 443 g/mol. The van der Waals surface area contributed by atoms with Gasteiger partial charge < -0.3 is 20.1 Å². The van der Waals surface area contributed by atoms with E-state index in [2.05, 4.69) is 17.6 Å². The number of carbonyl (C=O) groups excluding carboxylic acids is 2. The molecular formula is C24H27ClN2O4. The van der Waals surface area contributed by atoms with Crippen LogP contribution in [0, 0.1) is 0 Å². The van der Waals surface area contributed by atoms with E-state index < -0.39 is 12.0 Å². The maximum Gasteiger partial charge on any atom is 0.338 e. The molecule has 0 spiro atoms. The summed E-state index contributed by atoms with van der Waals surface area (Å²) >= 11 is 5.95. The quantitative estimate of drug-likeness (QED) is 0.518. The highest BCUT2D eigenvalue weighted by molar-refractivity contribution is 6.30. The van der Waals surface area contributed by atoms with Gasteiger partial charge in [0.05, 0.1) is 18.2 Å². The van der Waals surface area contributed by atoms with Gasteiger partial charge >= 0.3 is 12.0 Å². The van der Waals surface area contributed by atoms with Crippen molar-refractivity contribution in [1.82, 2.24) is 10.6 Å². The van der Waals surface area contributed by atoms with Crippen LogP contribution < -0.4 is 15.4 Å². The standard InChI is InChI=1S/C24H27ClN2O4/c1-3-5-9-19-21(23(28)30-4-2)22(27-24(29)26-19)18-8-6-7-10-20(18)31-15-16-11-13-17(25)14-12-16/h6-8,10-14,22H,3-5,9,15H2,1-2H3,(H2,26,27,29). The van der Waals surface area contributed by atoms with Gasteiger partial charge in [-0.15, -0.1) is 0 Å². The van der Waals surface area contributed by atoms with Crippen molar-refractivity contribution in [3.05, 3.63) is 76.0 Å². The zero-order valence-electron chi connectivity index (χ0n) is 17.7. The number of benzene rings is 2. The lowest BCUT2D eigenvalue weighted by Crippen LogP contribution is -2.46. The lowest BCUT2D eigenvalue weighted by Gasteiger charge is -2.30. The number of allylic oxidation sites excluding steroid dienone is 1. The van der Waals surface area contributed by atoms with Crippen LogP contribution in [0.2, 0.25) is 5.02 Å². The molecule has 2 aromatic carbocycles. The monoisotopic (exact) mass is 442 g/mol. The number of esters is 1. The fourth-order valence-electron chi connectivity index (χ4n) is 3.44. The molecule has 2 N–H and O–H groups in total. The Morgan fingerprint density at radius 1 is 1.10 bits per heavy atom. The predicted octanol–water partition coefficient (Wildman–Crippen LogP) is 5.28. The summed E-state index contributed by atoms with van der Waals surface area (Å²) in [7, 11) is 0. The first kappa shape index (κ1) is 22.7. The zero-order chi connectivity index (χ0) is 22.2. The Balaban J connectivity index is 1.95. The third-order valence-electron chi connectivity index (χ3n) is 4.97. The van der Waals surface area contributed by atoms with Crippen LogP contribution in [0.4, 0.5) is 4.79 Å². The van der Waals surface area contributed by atoms with E-state index in [9.17, 15) is 9.59 Å². The van der Waals surface area contributed by atoms with E-state index in [1.54, 1.807) is 19.1 Å². The summed E-state index contributed by atoms with van der Waals surface area (Å²) in [5, 5.41) is 6.32. The smallest absolute Gasteiger partial charge is 0.338 e. The number of unbranched alkanes of at least 4 members (excludes halogenated alkanes) is 1. The molecule has 1 aliphatic heterocycles. The van der Waals surface area contributed by atoms with Crippen molar-refractivity contribution >= 4 is 23.6 Å². The van der Waals surface area contributed by atoms with Crippen LogP contribution in [-0.2, 0) is 16.1 Å². The van der Waals surface area contributed by atoms with E-state index in [0.29, 0.717) is 40.6 Å². The van der Waals surface area contributed by atoms with Gasteiger partial charge in [-0.3, -0.25) is 0 Å². The van der Waals surface area contributed by atoms with Crippen molar-refractivity contribution in [1.29, 1.82) is 0 Å². The zero-order valence-corrected chi connectivity index (χ0v) is 18.5. The van der Waals surface area contributed by atoms with Gasteiger partial charge in [-0.25, -0.2) is 9.59 Å². The third-order valence-corrected chi connectivity index (χ3v) is 5.22. The van der Waals surface area contributed by atoms with Gasteiger partial charge in [0.25, 0.3) is 0 Å². The van der Waals surface area contributed by atoms with Gasteiger partial charge in [-0.2, -0.15) is 0 Å². The molecule has 1 unspecified atom stereocenters. The summed E-state index contributed by atoms with van der Waals surface area (Å²) in [5.74, 6) is 0.139. The fourth-order valence-corrected chi connectivity index (χ4v) is 3.57. The Morgan fingerprint density at radius 3 is 2.55 bits per heavy atom. The minimum Gasteiger partial charge on any atom is -0.489 e. The number of carbonyl (C=O) groups is 2. The van der Waals surface area contributed by atoms with Gasteiger partial charge in [0.15, 0.2) is 0 Å². The fraction of sp³-hybridized carbons (Fsp3) is 0.333. The summed E-state index contributed by atoms with van der Waals surface area (Å²) in [4.78, 5) is 25.3. The number of amides is 2. The summed E-state index contributed by atoms with van der Waals surface area (Å²) in [6, 6.07) is 13.8. The largest absolute Gasteiger partial charge is 0.489 e. The molecule has 1 aliphatic rings. The molecule has 6 nitrogen and oxygen atoms in total. The van der Waals surface area contributed by atoms with Crippen LogP contribution in [-0.4, -0.2) is 18.6 Å². The van der Waals surface area contributed by atoms with E-state index in [0.717, 1.165) is 18.4 Å². The minimum absolute atomic E-state index is 0.249. The number of hydrogen-bond acceptors (Lipinski definition) is 4. The molecule has 31 heavy (non-hydrogen) atoms. The van der Waals surface area contributed by atoms with Crippen molar-refractivity contribution in [2.75, 3.05) is 6.61 Å². The molecule has 0 aliphatic carbocycles. The maximum absolute atomic E-state index is 12.9. The highest BCUT2D eigenvalue weighted by Crippen LogP contribution is 2.35. The van der Waals surface area contributed by atoms with E-state index >= 15 is 0 Å². The van der Waals surface area contributed by atoms with Gasteiger partial charge in [0.1, 0.15) is 12.4 Å². The van der Waals surface area contributed by atoms with E-state index in [1.165, 1.54) is 0 Å².